The smallest absolute Gasteiger partial charge is 0.416 e. The first-order valence-corrected chi connectivity index (χ1v) is 7.70. The van der Waals surface area contributed by atoms with Crippen LogP contribution in [-0.2, 0) is 10.9 Å². The highest BCUT2D eigenvalue weighted by Gasteiger charge is 2.38. The Morgan fingerprint density at radius 3 is 2.65 bits per heavy atom. The molecule has 0 aliphatic carbocycles. The summed E-state index contributed by atoms with van der Waals surface area (Å²) in [5.41, 5.74) is -1.06. The molecule has 2 aliphatic heterocycles. The highest BCUT2D eigenvalue weighted by molar-refractivity contribution is 5.97. The largest absolute Gasteiger partial charge is 0.507 e. The van der Waals surface area contributed by atoms with Crippen LogP contribution in [0.15, 0.2) is 18.2 Å². The lowest BCUT2D eigenvalue weighted by Crippen LogP contribution is -2.42. The Morgan fingerprint density at radius 1 is 1.26 bits per heavy atom. The van der Waals surface area contributed by atoms with Gasteiger partial charge < -0.3 is 14.7 Å². The van der Waals surface area contributed by atoms with Gasteiger partial charge in [0.15, 0.2) is 0 Å². The van der Waals surface area contributed by atoms with E-state index in [1.54, 1.807) is 4.90 Å². The van der Waals surface area contributed by atoms with E-state index in [4.69, 9.17) is 4.74 Å². The Labute approximate surface area is 131 Å². The van der Waals surface area contributed by atoms with Crippen molar-refractivity contribution in [3.8, 4) is 5.75 Å². The highest BCUT2D eigenvalue weighted by Crippen LogP contribution is 2.34. The Bertz CT molecular complexity index is 597. The van der Waals surface area contributed by atoms with E-state index < -0.39 is 23.4 Å². The minimum Gasteiger partial charge on any atom is -0.507 e. The molecule has 1 amide bonds. The van der Waals surface area contributed by atoms with Gasteiger partial charge in [-0.25, -0.2) is 0 Å². The van der Waals surface area contributed by atoms with Gasteiger partial charge in [-0.15, -0.1) is 0 Å². The average molecular weight is 329 g/mol. The predicted octanol–water partition coefficient (Wildman–Crippen LogP) is 3.19. The summed E-state index contributed by atoms with van der Waals surface area (Å²) < 4.78 is 43.6. The number of likely N-dealkylation sites (tertiary alicyclic amines) is 1. The van der Waals surface area contributed by atoms with Crippen LogP contribution in [0.4, 0.5) is 13.2 Å². The molecule has 0 bridgehead atoms. The molecule has 1 aromatic carbocycles. The Balaban J connectivity index is 1.82. The second-order valence-corrected chi connectivity index (χ2v) is 5.99. The number of nitrogens with zero attached hydrogens (tertiary/aromatic N) is 1. The number of hydrogen-bond donors (Lipinski definition) is 1. The van der Waals surface area contributed by atoms with E-state index in [-0.39, 0.29) is 17.7 Å². The minimum absolute atomic E-state index is 0.0157. The fourth-order valence-electron chi connectivity index (χ4n) is 3.38. The van der Waals surface area contributed by atoms with Crippen molar-refractivity contribution in [1.29, 1.82) is 0 Å². The Kier molecular flexibility index (Phi) is 4.23. The number of alkyl halides is 3. The van der Waals surface area contributed by atoms with Gasteiger partial charge >= 0.3 is 6.18 Å². The summed E-state index contributed by atoms with van der Waals surface area (Å²) >= 11 is 0. The molecule has 126 valence electrons. The molecule has 0 spiro atoms. The number of phenols is 1. The maximum atomic E-state index is 12.6. The van der Waals surface area contributed by atoms with Gasteiger partial charge in [0.1, 0.15) is 5.75 Å². The van der Waals surface area contributed by atoms with Crippen LogP contribution in [0.5, 0.6) is 5.75 Å². The molecular formula is C16H18F3NO3. The first kappa shape index (κ1) is 16.1. The zero-order valence-corrected chi connectivity index (χ0v) is 12.5. The monoisotopic (exact) mass is 329 g/mol. The molecule has 1 N–H and O–H groups in total. The molecule has 0 radical (unpaired) electrons. The molecule has 2 saturated heterocycles. The third-order valence-corrected chi connectivity index (χ3v) is 4.51. The molecule has 23 heavy (non-hydrogen) atoms. The molecule has 7 heteroatoms. The zero-order chi connectivity index (χ0) is 16.6. The number of carbonyl (C=O) groups excluding carboxylic acids is 1. The van der Waals surface area contributed by atoms with Gasteiger partial charge in [0, 0.05) is 13.2 Å². The summed E-state index contributed by atoms with van der Waals surface area (Å²) in [4.78, 5) is 14.2. The van der Waals surface area contributed by atoms with Crippen LogP contribution in [0.2, 0.25) is 0 Å². The quantitative estimate of drug-likeness (QED) is 0.906. The van der Waals surface area contributed by atoms with Gasteiger partial charge in [0.25, 0.3) is 5.91 Å². The number of benzene rings is 1. The lowest BCUT2D eigenvalue weighted by Gasteiger charge is -2.29. The standard InChI is InChI=1S/C16H18F3NO3/c17-16(18,19)10-5-6-11(13(21)9-10)15(22)20-7-1-3-12(20)14-4-2-8-23-14/h5-6,9,12,14,21H,1-4,7-8H2/t12-,14-/m1/s1. The number of phenolic OH excluding ortho intramolecular Hbond substituents is 1. The maximum Gasteiger partial charge on any atom is 0.416 e. The van der Waals surface area contributed by atoms with E-state index in [1.807, 2.05) is 0 Å². The van der Waals surface area contributed by atoms with Gasteiger partial charge in [-0.2, -0.15) is 13.2 Å². The molecule has 2 atom stereocenters. The average Bonchev–Trinajstić information content (AvgIpc) is 3.16. The van der Waals surface area contributed by atoms with Crippen molar-refractivity contribution in [3.05, 3.63) is 29.3 Å². The van der Waals surface area contributed by atoms with Crippen molar-refractivity contribution in [2.45, 2.75) is 44.0 Å². The van der Waals surface area contributed by atoms with Crippen LogP contribution in [0.3, 0.4) is 0 Å². The van der Waals surface area contributed by atoms with Gasteiger partial charge in [-0.1, -0.05) is 0 Å². The minimum atomic E-state index is -4.55. The number of halogens is 3. The predicted molar refractivity (Wildman–Crippen MR) is 76.1 cm³/mol. The van der Waals surface area contributed by atoms with Crippen molar-refractivity contribution in [1.82, 2.24) is 4.90 Å². The number of hydrogen-bond acceptors (Lipinski definition) is 3. The second kappa shape index (κ2) is 6.03. The van der Waals surface area contributed by atoms with Gasteiger partial charge in [-0.3, -0.25) is 4.79 Å². The van der Waals surface area contributed by atoms with E-state index in [9.17, 15) is 23.1 Å². The van der Waals surface area contributed by atoms with Crippen LogP contribution in [0.25, 0.3) is 0 Å². The molecule has 3 rings (SSSR count). The molecule has 0 aromatic heterocycles. The zero-order valence-electron chi connectivity index (χ0n) is 12.5. The molecule has 0 unspecified atom stereocenters. The van der Waals surface area contributed by atoms with Crippen LogP contribution >= 0.6 is 0 Å². The van der Waals surface area contributed by atoms with E-state index in [0.717, 1.165) is 37.8 Å². The third kappa shape index (κ3) is 3.15. The molecule has 4 nitrogen and oxygen atoms in total. The fraction of sp³-hybridized carbons (Fsp3) is 0.562. The van der Waals surface area contributed by atoms with Crippen LogP contribution in [0, 0.1) is 0 Å². The van der Waals surface area contributed by atoms with E-state index in [2.05, 4.69) is 0 Å². The van der Waals surface area contributed by atoms with Gasteiger partial charge in [-0.05, 0) is 43.9 Å². The van der Waals surface area contributed by atoms with Gasteiger partial charge in [0.05, 0.1) is 23.3 Å². The first-order valence-electron chi connectivity index (χ1n) is 7.70. The summed E-state index contributed by atoms with van der Waals surface area (Å²) in [5, 5.41) is 9.86. The van der Waals surface area contributed by atoms with E-state index in [1.165, 1.54) is 0 Å². The van der Waals surface area contributed by atoms with Gasteiger partial charge in [0.2, 0.25) is 0 Å². The van der Waals surface area contributed by atoms with Crippen LogP contribution in [0.1, 0.15) is 41.6 Å². The summed E-state index contributed by atoms with van der Waals surface area (Å²) in [6.45, 7) is 1.21. The van der Waals surface area contributed by atoms with Crippen molar-refractivity contribution < 1.29 is 27.8 Å². The second-order valence-electron chi connectivity index (χ2n) is 5.99. The Hall–Kier alpha value is -1.76. The number of ether oxygens (including phenoxy) is 1. The molecule has 2 heterocycles. The van der Waals surface area contributed by atoms with Crippen molar-refractivity contribution >= 4 is 5.91 Å². The SMILES string of the molecule is O=C(c1ccc(C(F)(F)F)cc1O)N1CCC[C@@H]1[C@H]1CCCO1. The molecule has 1 aromatic rings. The van der Waals surface area contributed by atoms with Crippen LogP contribution < -0.4 is 0 Å². The number of carbonyl (C=O) groups is 1. The summed E-state index contributed by atoms with van der Waals surface area (Å²) in [7, 11) is 0. The molecule has 0 saturated carbocycles. The lowest BCUT2D eigenvalue weighted by molar-refractivity contribution is -0.137. The molecular weight excluding hydrogens is 311 g/mol. The molecule has 2 fully saturated rings. The van der Waals surface area contributed by atoms with Crippen molar-refractivity contribution in [2.75, 3.05) is 13.2 Å². The number of rotatable bonds is 2. The maximum absolute atomic E-state index is 12.6. The summed E-state index contributed by atoms with van der Waals surface area (Å²) in [6.07, 6.45) is -1.08. The highest BCUT2D eigenvalue weighted by atomic mass is 19.4. The summed E-state index contributed by atoms with van der Waals surface area (Å²) in [5.74, 6) is -1.07. The normalized spacial score (nSPS) is 25.1. The topological polar surface area (TPSA) is 49.8 Å². The van der Waals surface area contributed by atoms with E-state index in [0.29, 0.717) is 19.2 Å². The molecule has 2 aliphatic rings. The van der Waals surface area contributed by atoms with Crippen molar-refractivity contribution in [2.24, 2.45) is 0 Å². The first-order chi connectivity index (χ1) is 10.9. The lowest BCUT2D eigenvalue weighted by atomic mass is 10.0. The van der Waals surface area contributed by atoms with Crippen molar-refractivity contribution in [3.63, 3.8) is 0 Å². The summed E-state index contributed by atoms with van der Waals surface area (Å²) in [6, 6.07) is 2.41. The number of amides is 1. The fourth-order valence-corrected chi connectivity index (χ4v) is 3.38. The number of aromatic hydroxyl groups is 1. The van der Waals surface area contributed by atoms with Crippen LogP contribution in [-0.4, -0.2) is 41.2 Å². The third-order valence-electron chi connectivity index (χ3n) is 4.51. The van der Waals surface area contributed by atoms with E-state index >= 15 is 0 Å². The Morgan fingerprint density at radius 2 is 2.04 bits per heavy atom.